The summed E-state index contributed by atoms with van der Waals surface area (Å²) in [5.74, 6) is 3.33. The third kappa shape index (κ3) is 17.2. The molecule has 8 atom stereocenters. The van der Waals surface area contributed by atoms with Crippen molar-refractivity contribution < 1.29 is 38.2 Å². The lowest BCUT2D eigenvalue weighted by Crippen LogP contribution is -2.44. The monoisotopic (exact) mass is 921 g/mol. The van der Waals surface area contributed by atoms with Gasteiger partial charge >= 0.3 is 0 Å². The van der Waals surface area contributed by atoms with E-state index in [0.29, 0.717) is 48.1 Å². The summed E-state index contributed by atoms with van der Waals surface area (Å²) in [5, 5.41) is 20.1. The van der Waals surface area contributed by atoms with Crippen molar-refractivity contribution >= 4 is 39.8 Å². The van der Waals surface area contributed by atoms with Gasteiger partial charge in [0.25, 0.3) is 0 Å². The molecule has 368 valence electrons. The predicted octanol–water partition coefficient (Wildman–Crippen LogP) is 13.3. The van der Waals surface area contributed by atoms with Gasteiger partial charge < -0.3 is 19.1 Å². The van der Waals surface area contributed by atoms with E-state index >= 15 is 0 Å². The lowest BCUT2D eigenvalue weighted by Gasteiger charge is -2.43. The molecule has 4 fully saturated rings. The molecule has 63 heavy (non-hydrogen) atoms. The van der Waals surface area contributed by atoms with Gasteiger partial charge in [0.2, 0.25) is 0 Å². The van der Waals surface area contributed by atoms with Crippen LogP contribution in [-0.4, -0.2) is 72.4 Å². The minimum absolute atomic E-state index is 0. The van der Waals surface area contributed by atoms with E-state index in [1.165, 1.54) is 0 Å². The molecule has 0 aromatic heterocycles. The number of carbonyl (C=O) groups excluding carboxylic acids is 4. The fraction of sp³-hybridized carbons (Fsp3) is 0.925. The first-order valence-corrected chi connectivity index (χ1v) is 31.9. The average molecular weight is 922 g/mol. The number of hydrogen-bond donors (Lipinski definition) is 2. The Labute approximate surface area is 389 Å². The van der Waals surface area contributed by atoms with Crippen molar-refractivity contribution in [3.8, 4) is 0 Å². The normalized spacial score (nSPS) is 28.0. The first kappa shape index (κ1) is 58.1. The number of fused-ring (bicyclic) bond motifs is 2. The Kier molecular flexibility index (Phi) is 20.6. The maximum Gasteiger partial charge on any atom is 0.185 e. The summed E-state index contributed by atoms with van der Waals surface area (Å²) in [4.78, 5) is 50.8. The summed E-state index contributed by atoms with van der Waals surface area (Å²) in [6.07, 6.45) is 18.6. The van der Waals surface area contributed by atoms with Crippen molar-refractivity contribution in [1.29, 1.82) is 0 Å². The van der Waals surface area contributed by atoms with Crippen molar-refractivity contribution in [3.05, 3.63) is 0 Å². The number of aliphatic hydroxyl groups is 2. The van der Waals surface area contributed by atoms with Gasteiger partial charge in [-0.2, -0.15) is 0 Å². The largest absolute Gasteiger partial charge is 0.413 e. The standard InChI is InChI=1S/C29H56O4Si2.C23H40O4.CH4/c1-27(2,32-34(6,7)8)20-12-14-22(16-19-26(31)28(3,4)33-35(9,10)11)23-17-18-24-25(30)15-13-21-29(23,24)5;1-21(2,26)14-6-8-16(10-13-20(25)22(3,4)27)17-11-12-18-19(24)9-7-15-23(17,18)5;/h22-24H,12-21H2,1-11H3;16-18,26-27H,6-15H2,1-5H3;1H4/t22-,23?,24?,29+;16-,17?,18?,23+;/m00./s1. The van der Waals surface area contributed by atoms with Crippen molar-refractivity contribution in [2.24, 2.45) is 46.3 Å². The highest BCUT2D eigenvalue weighted by atomic mass is 28.4. The minimum Gasteiger partial charge on any atom is -0.413 e. The third-order valence-corrected chi connectivity index (χ3v) is 18.0. The summed E-state index contributed by atoms with van der Waals surface area (Å²) < 4.78 is 12.7. The molecule has 2 N–H and O–H groups in total. The van der Waals surface area contributed by atoms with E-state index < -0.39 is 33.4 Å². The molecule has 0 aromatic rings. The smallest absolute Gasteiger partial charge is 0.185 e. The number of rotatable bonds is 22. The Morgan fingerprint density at radius 3 is 1.41 bits per heavy atom. The molecule has 8 nitrogen and oxygen atoms in total. The number of carbonyl (C=O) groups is 4. The van der Waals surface area contributed by atoms with E-state index in [1.54, 1.807) is 13.8 Å². The SMILES string of the molecule is C.CC(C)(CCC[C@@H](CCC(=O)C(C)(C)O[Si](C)(C)C)C1CCC2C(=O)CCC[C@@]21C)O[Si](C)(C)C.CC(C)(O)CCC[C@@H](CCC(=O)C(C)(C)O)C1CCC2C(=O)CCC[C@@]21C. The highest BCUT2D eigenvalue weighted by Crippen LogP contribution is 2.59. The molecule has 0 aliphatic heterocycles. The summed E-state index contributed by atoms with van der Waals surface area (Å²) in [5.41, 5.74) is -2.60. The fourth-order valence-corrected chi connectivity index (χ4v) is 16.5. The van der Waals surface area contributed by atoms with Crippen LogP contribution in [0.25, 0.3) is 0 Å². The van der Waals surface area contributed by atoms with Gasteiger partial charge in [0, 0.05) is 37.5 Å². The number of Topliss-reactive ketones (excluding diaryl/α,β-unsaturated/α-hetero) is 4. The molecule has 10 heteroatoms. The van der Waals surface area contributed by atoms with E-state index in [9.17, 15) is 29.4 Å². The van der Waals surface area contributed by atoms with E-state index in [4.69, 9.17) is 8.85 Å². The van der Waals surface area contributed by atoms with Crippen LogP contribution in [0.5, 0.6) is 0 Å². The molecule has 0 radical (unpaired) electrons. The minimum atomic E-state index is -1.81. The lowest BCUT2D eigenvalue weighted by atomic mass is 9.61. The van der Waals surface area contributed by atoms with Gasteiger partial charge in [-0.15, -0.1) is 0 Å². The topological polar surface area (TPSA) is 127 Å². The van der Waals surface area contributed by atoms with Gasteiger partial charge in [0.1, 0.15) is 22.8 Å². The average Bonchev–Trinajstić information content (AvgIpc) is 3.62. The van der Waals surface area contributed by atoms with Gasteiger partial charge in [-0.05, 0) is 206 Å². The van der Waals surface area contributed by atoms with Crippen LogP contribution >= 0.6 is 0 Å². The first-order chi connectivity index (χ1) is 28.1. The van der Waals surface area contributed by atoms with Gasteiger partial charge in [-0.25, -0.2) is 0 Å². The van der Waals surface area contributed by atoms with Crippen LogP contribution in [0, 0.1) is 46.3 Å². The second-order valence-electron chi connectivity index (χ2n) is 25.4. The highest BCUT2D eigenvalue weighted by molar-refractivity contribution is 6.70. The molecule has 0 bridgehead atoms. The molecule has 0 aromatic carbocycles. The van der Waals surface area contributed by atoms with E-state index in [2.05, 4.69) is 67.0 Å². The molecular weight excluding hydrogens is 821 g/mol. The third-order valence-electron chi connectivity index (χ3n) is 15.7. The Morgan fingerprint density at radius 1 is 0.635 bits per heavy atom. The van der Waals surface area contributed by atoms with Gasteiger partial charge in [-0.1, -0.05) is 47.0 Å². The van der Waals surface area contributed by atoms with Gasteiger partial charge in [-0.3, -0.25) is 19.2 Å². The molecule has 4 aliphatic rings. The Hall–Kier alpha value is -1.05. The second-order valence-corrected chi connectivity index (χ2v) is 34.3. The zero-order valence-electron chi connectivity index (χ0n) is 43.0. The van der Waals surface area contributed by atoms with Crippen molar-refractivity contribution in [3.63, 3.8) is 0 Å². The van der Waals surface area contributed by atoms with E-state index in [-0.39, 0.29) is 47.3 Å². The molecule has 4 rings (SSSR count). The molecule has 0 amide bonds. The predicted molar refractivity (Wildman–Crippen MR) is 266 cm³/mol. The van der Waals surface area contributed by atoms with Crippen LogP contribution in [-0.2, 0) is 28.0 Å². The quantitative estimate of drug-likeness (QED) is 0.103. The molecular formula is C53H100O8Si2. The Morgan fingerprint density at radius 2 is 1.03 bits per heavy atom. The van der Waals surface area contributed by atoms with Crippen molar-refractivity contribution in [1.82, 2.24) is 0 Å². The highest BCUT2D eigenvalue weighted by Gasteiger charge is 2.54. The second kappa shape index (κ2) is 22.4. The van der Waals surface area contributed by atoms with Gasteiger partial charge in [0.05, 0.1) is 11.2 Å². The maximum atomic E-state index is 13.3. The summed E-state index contributed by atoms with van der Waals surface area (Å²) in [6, 6.07) is 0. The number of hydrogen-bond acceptors (Lipinski definition) is 8. The summed E-state index contributed by atoms with van der Waals surface area (Å²) in [7, 11) is -3.41. The first-order valence-electron chi connectivity index (χ1n) is 25.1. The maximum absolute atomic E-state index is 13.3. The molecule has 4 aliphatic carbocycles. The van der Waals surface area contributed by atoms with Crippen LogP contribution in [0.1, 0.15) is 205 Å². The molecule has 0 heterocycles. The molecule has 0 saturated heterocycles. The molecule has 0 spiro atoms. The van der Waals surface area contributed by atoms with Crippen LogP contribution in [0.15, 0.2) is 0 Å². The zero-order valence-corrected chi connectivity index (χ0v) is 45.0. The molecule has 4 saturated carbocycles. The van der Waals surface area contributed by atoms with Crippen LogP contribution in [0.3, 0.4) is 0 Å². The van der Waals surface area contributed by atoms with Crippen molar-refractivity contribution in [2.75, 3.05) is 0 Å². The number of ketones is 4. The lowest BCUT2D eigenvalue weighted by molar-refractivity contribution is -0.135. The summed E-state index contributed by atoms with van der Waals surface area (Å²) in [6.45, 7) is 33.1. The van der Waals surface area contributed by atoms with Crippen LogP contribution in [0.4, 0.5) is 0 Å². The van der Waals surface area contributed by atoms with E-state index in [0.717, 1.165) is 116 Å². The molecule has 4 unspecified atom stereocenters. The summed E-state index contributed by atoms with van der Waals surface area (Å²) >= 11 is 0. The van der Waals surface area contributed by atoms with Crippen molar-refractivity contribution in [2.45, 2.75) is 267 Å². The Bertz CT molecular complexity index is 1510. The zero-order chi connectivity index (χ0) is 47.3. The van der Waals surface area contributed by atoms with Crippen LogP contribution < -0.4 is 0 Å². The fourth-order valence-electron chi connectivity index (χ4n) is 13.1. The van der Waals surface area contributed by atoms with Gasteiger partial charge in [0.15, 0.2) is 28.2 Å². The van der Waals surface area contributed by atoms with Crippen LogP contribution in [0.2, 0.25) is 39.3 Å². The van der Waals surface area contributed by atoms with E-state index in [1.807, 2.05) is 27.7 Å². The Balaban J connectivity index is 0.000000440.